The highest BCUT2D eigenvalue weighted by atomic mass is 32.1. The van der Waals surface area contributed by atoms with Crippen LogP contribution in [0.3, 0.4) is 0 Å². The first-order valence-electron chi connectivity index (χ1n) is 9.01. The van der Waals surface area contributed by atoms with Crippen LogP contribution >= 0.6 is 12.2 Å². The first kappa shape index (κ1) is 19.8. The molecule has 0 bridgehead atoms. The topological polar surface area (TPSA) is 45.8 Å². The van der Waals surface area contributed by atoms with Gasteiger partial charge < -0.3 is 25.0 Å². The molecule has 1 aromatic rings. The van der Waals surface area contributed by atoms with Crippen molar-refractivity contribution in [1.29, 1.82) is 0 Å². The molecule has 5 nitrogen and oxygen atoms in total. The Morgan fingerprint density at radius 3 is 2.48 bits per heavy atom. The zero-order chi connectivity index (χ0) is 18.2. The van der Waals surface area contributed by atoms with Gasteiger partial charge in [-0.25, -0.2) is 0 Å². The number of likely N-dealkylation sites (tertiary alicyclic amines) is 1. The predicted molar refractivity (Wildman–Crippen MR) is 108 cm³/mol. The summed E-state index contributed by atoms with van der Waals surface area (Å²) < 4.78 is 10.5. The van der Waals surface area contributed by atoms with Crippen LogP contribution in [0.15, 0.2) is 18.2 Å². The van der Waals surface area contributed by atoms with Crippen LogP contribution in [0.25, 0.3) is 0 Å². The third-order valence-corrected chi connectivity index (χ3v) is 4.77. The summed E-state index contributed by atoms with van der Waals surface area (Å²) in [6, 6.07) is 5.66. The molecule has 1 fully saturated rings. The maximum Gasteiger partial charge on any atom is 0.170 e. The molecule has 2 N–H and O–H groups in total. The largest absolute Gasteiger partial charge is 0.493 e. The Labute approximate surface area is 157 Å². The molecule has 2 rings (SSSR count). The van der Waals surface area contributed by atoms with Gasteiger partial charge >= 0.3 is 0 Å². The number of piperidine rings is 1. The van der Waals surface area contributed by atoms with Crippen molar-refractivity contribution in [2.24, 2.45) is 11.8 Å². The van der Waals surface area contributed by atoms with Gasteiger partial charge in [0.05, 0.1) is 14.2 Å². The van der Waals surface area contributed by atoms with Crippen molar-refractivity contribution in [3.8, 4) is 11.5 Å². The van der Waals surface area contributed by atoms with Crippen molar-refractivity contribution in [1.82, 2.24) is 10.2 Å². The van der Waals surface area contributed by atoms with E-state index in [1.807, 2.05) is 18.2 Å². The molecule has 1 aliphatic heterocycles. The molecule has 0 spiro atoms. The molecule has 0 aromatic heterocycles. The summed E-state index contributed by atoms with van der Waals surface area (Å²) in [5.41, 5.74) is 0.883. The standard InChI is InChI=1S/C19H31N3O2S/c1-14-10-15(2)13-22(12-14)9-5-8-20-19(25)21-16-6-7-17(23-3)18(11-16)24-4/h6-7,11,14-15H,5,8-10,12-13H2,1-4H3,(H2,20,21,25)/t14-,15+. The van der Waals surface area contributed by atoms with Gasteiger partial charge in [-0.15, -0.1) is 0 Å². The number of thiocarbonyl (C=S) groups is 1. The van der Waals surface area contributed by atoms with Crippen LogP contribution in [-0.2, 0) is 0 Å². The monoisotopic (exact) mass is 365 g/mol. The molecule has 25 heavy (non-hydrogen) atoms. The number of rotatable bonds is 7. The molecule has 0 unspecified atom stereocenters. The van der Waals surface area contributed by atoms with E-state index in [1.54, 1.807) is 14.2 Å². The number of anilines is 1. The van der Waals surface area contributed by atoms with Crippen LogP contribution in [0.1, 0.15) is 26.7 Å². The second kappa shape index (κ2) is 9.82. The highest BCUT2D eigenvalue weighted by Crippen LogP contribution is 2.29. The third kappa shape index (κ3) is 6.36. The normalized spacial score (nSPS) is 20.8. The lowest BCUT2D eigenvalue weighted by Crippen LogP contribution is -2.40. The van der Waals surface area contributed by atoms with Gasteiger partial charge in [0.1, 0.15) is 0 Å². The van der Waals surface area contributed by atoms with Crippen molar-refractivity contribution in [2.75, 3.05) is 45.7 Å². The van der Waals surface area contributed by atoms with Gasteiger partial charge in [0, 0.05) is 31.4 Å². The summed E-state index contributed by atoms with van der Waals surface area (Å²) in [4.78, 5) is 2.57. The van der Waals surface area contributed by atoms with Gasteiger partial charge in [-0.3, -0.25) is 0 Å². The van der Waals surface area contributed by atoms with Crippen molar-refractivity contribution < 1.29 is 9.47 Å². The Bertz CT molecular complexity index is 558. The molecule has 6 heteroatoms. The SMILES string of the molecule is COc1ccc(NC(=S)NCCCN2C[C@H](C)C[C@H](C)C2)cc1OC. The molecule has 1 saturated heterocycles. The van der Waals surface area contributed by atoms with Crippen molar-refractivity contribution in [2.45, 2.75) is 26.7 Å². The van der Waals surface area contributed by atoms with E-state index >= 15 is 0 Å². The van der Waals surface area contributed by atoms with Crippen LogP contribution in [-0.4, -0.2) is 50.4 Å². The van der Waals surface area contributed by atoms with E-state index in [0.717, 1.165) is 37.0 Å². The zero-order valence-electron chi connectivity index (χ0n) is 15.8. The summed E-state index contributed by atoms with van der Waals surface area (Å²) in [6.45, 7) is 9.14. The van der Waals surface area contributed by atoms with Crippen LogP contribution in [0.5, 0.6) is 11.5 Å². The summed E-state index contributed by atoms with van der Waals surface area (Å²) in [5, 5.41) is 7.10. The number of hydrogen-bond acceptors (Lipinski definition) is 4. The highest BCUT2D eigenvalue weighted by molar-refractivity contribution is 7.80. The minimum Gasteiger partial charge on any atom is -0.493 e. The van der Waals surface area contributed by atoms with Gasteiger partial charge in [-0.2, -0.15) is 0 Å². The lowest BCUT2D eigenvalue weighted by atomic mass is 9.92. The molecule has 1 heterocycles. The molecule has 1 aromatic carbocycles. The van der Waals surface area contributed by atoms with Crippen LogP contribution in [0.4, 0.5) is 5.69 Å². The summed E-state index contributed by atoms with van der Waals surface area (Å²) >= 11 is 5.38. The highest BCUT2D eigenvalue weighted by Gasteiger charge is 2.20. The van der Waals surface area contributed by atoms with Crippen LogP contribution < -0.4 is 20.1 Å². The van der Waals surface area contributed by atoms with E-state index in [0.29, 0.717) is 16.6 Å². The summed E-state index contributed by atoms with van der Waals surface area (Å²) in [7, 11) is 3.25. The lowest BCUT2D eigenvalue weighted by molar-refractivity contribution is 0.140. The van der Waals surface area contributed by atoms with E-state index < -0.39 is 0 Å². The van der Waals surface area contributed by atoms with Gasteiger partial charge in [-0.1, -0.05) is 13.8 Å². The Morgan fingerprint density at radius 2 is 1.84 bits per heavy atom. The van der Waals surface area contributed by atoms with E-state index in [9.17, 15) is 0 Å². The fraction of sp³-hybridized carbons (Fsp3) is 0.632. The second-order valence-electron chi connectivity index (χ2n) is 7.01. The second-order valence-corrected chi connectivity index (χ2v) is 7.42. The van der Waals surface area contributed by atoms with E-state index in [2.05, 4.69) is 29.4 Å². The average Bonchev–Trinajstić information content (AvgIpc) is 2.57. The summed E-state index contributed by atoms with van der Waals surface area (Å²) in [6.07, 6.45) is 2.45. The molecular formula is C19H31N3O2S. The first-order chi connectivity index (χ1) is 12.0. The zero-order valence-corrected chi connectivity index (χ0v) is 16.6. The quantitative estimate of drug-likeness (QED) is 0.571. The van der Waals surface area contributed by atoms with E-state index in [4.69, 9.17) is 21.7 Å². The Balaban J connectivity index is 1.70. The number of hydrogen-bond donors (Lipinski definition) is 2. The van der Waals surface area contributed by atoms with Gasteiger partial charge in [0.15, 0.2) is 16.6 Å². The van der Waals surface area contributed by atoms with Crippen molar-refractivity contribution in [3.63, 3.8) is 0 Å². The molecule has 0 amide bonds. The van der Waals surface area contributed by atoms with Crippen molar-refractivity contribution in [3.05, 3.63) is 18.2 Å². The Hall–Kier alpha value is -1.53. The van der Waals surface area contributed by atoms with Gasteiger partial charge in [0.25, 0.3) is 0 Å². The van der Waals surface area contributed by atoms with E-state index in [1.165, 1.54) is 19.5 Å². The fourth-order valence-electron chi connectivity index (χ4n) is 3.57. The van der Waals surface area contributed by atoms with Gasteiger partial charge in [0.2, 0.25) is 0 Å². The van der Waals surface area contributed by atoms with Crippen molar-refractivity contribution >= 4 is 23.0 Å². The number of nitrogens with zero attached hydrogens (tertiary/aromatic N) is 1. The van der Waals surface area contributed by atoms with E-state index in [-0.39, 0.29) is 0 Å². The smallest absolute Gasteiger partial charge is 0.170 e. The van der Waals surface area contributed by atoms with Crippen LogP contribution in [0.2, 0.25) is 0 Å². The number of benzene rings is 1. The molecule has 1 aliphatic rings. The summed E-state index contributed by atoms with van der Waals surface area (Å²) in [5.74, 6) is 3.01. The minimum absolute atomic E-state index is 0.632. The molecule has 2 atom stereocenters. The average molecular weight is 366 g/mol. The first-order valence-corrected chi connectivity index (χ1v) is 9.42. The minimum atomic E-state index is 0.632. The molecule has 0 saturated carbocycles. The molecule has 0 aliphatic carbocycles. The number of ether oxygens (including phenoxy) is 2. The third-order valence-electron chi connectivity index (χ3n) is 4.52. The molecule has 140 valence electrons. The lowest BCUT2D eigenvalue weighted by Gasteiger charge is -2.35. The Kier molecular flexibility index (Phi) is 7.78. The maximum atomic E-state index is 5.38. The molecular weight excluding hydrogens is 334 g/mol. The Morgan fingerprint density at radius 1 is 1.16 bits per heavy atom. The molecule has 0 radical (unpaired) electrons. The number of nitrogens with one attached hydrogen (secondary N) is 2. The van der Waals surface area contributed by atoms with Crippen LogP contribution in [0, 0.1) is 11.8 Å². The predicted octanol–water partition coefficient (Wildman–Crippen LogP) is 3.36. The number of methoxy groups -OCH3 is 2. The maximum absolute atomic E-state index is 5.38. The van der Waals surface area contributed by atoms with Gasteiger partial charge in [-0.05, 0) is 55.6 Å². The fourth-order valence-corrected chi connectivity index (χ4v) is 3.79.